The van der Waals surface area contributed by atoms with Crippen LogP contribution < -0.4 is 5.73 Å². The van der Waals surface area contributed by atoms with E-state index in [1.807, 2.05) is 0 Å². The van der Waals surface area contributed by atoms with Gasteiger partial charge in [0.2, 0.25) is 0 Å². The first-order valence-electron chi connectivity index (χ1n) is 3.24. The summed E-state index contributed by atoms with van der Waals surface area (Å²) in [5, 5.41) is 1.22. The molecule has 1 saturated carbocycles. The van der Waals surface area contributed by atoms with Crippen molar-refractivity contribution in [2.45, 2.75) is 12.5 Å². The van der Waals surface area contributed by atoms with Gasteiger partial charge >= 0.3 is 0 Å². The highest BCUT2D eigenvalue weighted by atomic mass is 16.7. The first-order chi connectivity index (χ1) is 4.66. The Morgan fingerprint density at radius 1 is 1.80 bits per heavy atom. The Labute approximate surface area is 59.9 Å². The smallest absolute Gasteiger partial charge is 0.250 e. The average Bonchev–Trinajstić information content (AvgIpc) is 2.63. The van der Waals surface area contributed by atoms with E-state index in [9.17, 15) is 4.79 Å². The van der Waals surface area contributed by atoms with E-state index in [0.29, 0.717) is 0 Å². The van der Waals surface area contributed by atoms with Crippen LogP contribution in [0.3, 0.4) is 0 Å². The Bertz CT molecular complexity index is 143. The van der Waals surface area contributed by atoms with Crippen molar-refractivity contribution in [3.05, 3.63) is 0 Å². The molecule has 2 unspecified atom stereocenters. The summed E-state index contributed by atoms with van der Waals surface area (Å²) in [6.45, 7) is 0. The van der Waals surface area contributed by atoms with Crippen molar-refractivity contribution >= 4 is 5.91 Å². The summed E-state index contributed by atoms with van der Waals surface area (Å²) in [5.41, 5.74) is 5.46. The van der Waals surface area contributed by atoms with Crippen LogP contribution in [0.5, 0.6) is 0 Å². The molecule has 1 fully saturated rings. The number of carbonyl (C=O) groups excluding carboxylic acids is 1. The number of hydrogen-bond acceptors (Lipinski definition) is 3. The minimum absolute atomic E-state index is 0.00458. The molecule has 2 atom stereocenters. The van der Waals surface area contributed by atoms with Gasteiger partial charge in [0.1, 0.15) is 0 Å². The summed E-state index contributed by atoms with van der Waals surface area (Å²) in [7, 11) is 3.05. The molecule has 1 rings (SSSR count). The van der Waals surface area contributed by atoms with Crippen LogP contribution in [-0.2, 0) is 9.63 Å². The van der Waals surface area contributed by atoms with Gasteiger partial charge in [0.05, 0.1) is 13.0 Å². The molecular formula is C6H12N2O2. The summed E-state index contributed by atoms with van der Waals surface area (Å²) in [5.74, 6) is -0.0139. The Kier molecular flexibility index (Phi) is 1.92. The van der Waals surface area contributed by atoms with Crippen LogP contribution in [0, 0.1) is 5.92 Å². The van der Waals surface area contributed by atoms with Crippen LogP contribution in [0.2, 0.25) is 0 Å². The third-order valence-electron chi connectivity index (χ3n) is 1.74. The highest BCUT2D eigenvalue weighted by molar-refractivity contribution is 5.81. The second kappa shape index (κ2) is 2.56. The lowest BCUT2D eigenvalue weighted by atomic mass is 10.4. The van der Waals surface area contributed by atoms with E-state index in [4.69, 9.17) is 5.73 Å². The molecule has 0 heterocycles. The maximum absolute atomic E-state index is 11.1. The number of rotatable bonds is 2. The molecule has 0 aromatic carbocycles. The molecule has 0 aromatic heterocycles. The van der Waals surface area contributed by atoms with Gasteiger partial charge in [-0.25, -0.2) is 5.06 Å². The van der Waals surface area contributed by atoms with Gasteiger partial charge in [-0.2, -0.15) is 0 Å². The summed E-state index contributed by atoms with van der Waals surface area (Å²) in [6, 6.07) is 0.0603. The van der Waals surface area contributed by atoms with Crippen molar-refractivity contribution in [2.75, 3.05) is 14.2 Å². The van der Waals surface area contributed by atoms with Gasteiger partial charge < -0.3 is 5.73 Å². The van der Waals surface area contributed by atoms with E-state index in [1.165, 1.54) is 12.2 Å². The minimum Gasteiger partial charge on any atom is -0.327 e. The second-order valence-corrected chi connectivity index (χ2v) is 2.52. The normalized spacial score (nSPS) is 29.9. The molecule has 0 aromatic rings. The molecule has 1 aliphatic rings. The lowest BCUT2D eigenvalue weighted by Gasteiger charge is -2.12. The van der Waals surface area contributed by atoms with Gasteiger partial charge in [-0.05, 0) is 6.42 Å². The lowest BCUT2D eigenvalue weighted by Crippen LogP contribution is -2.28. The monoisotopic (exact) mass is 144 g/mol. The summed E-state index contributed by atoms with van der Waals surface area (Å²) >= 11 is 0. The van der Waals surface area contributed by atoms with Gasteiger partial charge in [-0.1, -0.05) is 0 Å². The van der Waals surface area contributed by atoms with Gasteiger partial charge in [-0.3, -0.25) is 9.63 Å². The van der Waals surface area contributed by atoms with Crippen LogP contribution in [0.1, 0.15) is 6.42 Å². The van der Waals surface area contributed by atoms with E-state index in [0.717, 1.165) is 6.42 Å². The summed E-state index contributed by atoms with van der Waals surface area (Å²) in [4.78, 5) is 15.8. The summed E-state index contributed by atoms with van der Waals surface area (Å²) in [6.07, 6.45) is 0.798. The molecule has 0 saturated heterocycles. The number of hydroxylamine groups is 2. The SMILES string of the molecule is CON(C)C(=O)C1CC1N. The Morgan fingerprint density at radius 2 is 2.30 bits per heavy atom. The summed E-state index contributed by atoms with van der Waals surface area (Å²) < 4.78 is 0. The zero-order chi connectivity index (χ0) is 7.72. The predicted octanol–water partition coefficient (Wildman–Crippen LogP) is -0.647. The quantitative estimate of drug-likeness (QED) is 0.524. The van der Waals surface area contributed by atoms with Crippen LogP contribution in [0.4, 0.5) is 0 Å². The van der Waals surface area contributed by atoms with Gasteiger partial charge in [0.15, 0.2) is 0 Å². The topological polar surface area (TPSA) is 55.6 Å². The number of amides is 1. The molecule has 10 heavy (non-hydrogen) atoms. The van der Waals surface area contributed by atoms with Crippen LogP contribution >= 0.6 is 0 Å². The maximum Gasteiger partial charge on any atom is 0.250 e. The van der Waals surface area contributed by atoms with Crippen LogP contribution in [0.25, 0.3) is 0 Å². The van der Waals surface area contributed by atoms with Crippen molar-refractivity contribution in [1.82, 2.24) is 5.06 Å². The highest BCUT2D eigenvalue weighted by Gasteiger charge is 2.41. The number of nitrogens with zero attached hydrogens (tertiary/aromatic N) is 1. The first kappa shape index (κ1) is 7.50. The molecule has 1 amide bonds. The molecule has 4 nitrogen and oxygen atoms in total. The van der Waals surface area contributed by atoms with E-state index >= 15 is 0 Å². The number of nitrogens with two attached hydrogens (primary N) is 1. The van der Waals surface area contributed by atoms with Crippen LogP contribution in [0.15, 0.2) is 0 Å². The lowest BCUT2D eigenvalue weighted by molar-refractivity contribution is -0.170. The van der Waals surface area contributed by atoms with Crippen molar-refractivity contribution in [3.63, 3.8) is 0 Å². The molecule has 0 spiro atoms. The van der Waals surface area contributed by atoms with Crippen molar-refractivity contribution < 1.29 is 9.63 Å². The van der Waals surface area contributed by atoms with Crippen molar-refractivity contribution in [2.24, 2.45) is 11.7 Å². The van der Waals surface area contributed by atoms with Gasteiger partial charge in [-0.15, -0.1) is 0 Å². The molecular weight excluding hydrogens is 132 g/mol. The van der Waals surface area contributed by atoms with E-state index in [1.54, 1.807) is 7.05 Å². The highest BCUT2D eigenvalue weighted by Crippen LogP contribution is 2.29. The third kappa shape index (κ3) is 1.27. The van der Waals surface area contributed by atoms with Crippen molar-refractivity contribution in [1.29, 1.82) is 0 Å². The standard InChI is InChI=1S/C6H12N2O2/c1-8(10-2)6(9)4-3-5(4)7/h4-5H,3,7H2,1-2H3. The fourth-order valence-corrected chi connectivity index (χ4v) is 0.822. The first-order valence-corrected chi connectivity index (χ1v) is 3.24. The fraction of sp³-hybridized carbons (Fsp3) is 0.833. The maximum atomic E-state index is 11.1. The molecule has 0 aliphatic heterocycles. The molecule has 4 heteroatoms. The number of carbonyl (C=O) groups is 1. The Balaban J connectivity index is 2.35. The van der Waals surface area contributed by atoms with Gasteiger partial charge in [0, 0.05) is 13.1 Å². The van der Waals surface area contributed by atoms with Gasteiger partial charge in [0.25, 0.3) is 5.91 Å². The molecule has 58 valence electrons. The zero-order valence-corrected chi connectivity index (χ0v) is 6.20. The van der Waals surface area contributed by atoms with E-state index in [2.05, 4.69) is 4.84 Å². The Hall–Kier alpha value is -0.610. The molecule has 1 aliphatic carbocycles. The zero-order valence-electron chi connectivity index (χ0n) is 6.20. The second-order valence-electron chi connectivity index (χ2n) is 2.52. The van der Waals surface area contributed by atoms with E-state index < -0.39 is 0 Å². The fourth-order valence-electron chi connectivity index (χ4n) is 0.822. The molecule has 2 N–H and O–H groups in total. The molecule has 0 radical (unpaired) electrons. The number of hydrogen-bond donors (Lipinski definition) is 1. The minimum atomic E-state index is -0.0185. The van der Waals surface area contributed by atoms with E-state index in [-0.39, 0.29) is 17.9 Å². The largest absolute Gasteiger partial charge is 0.327 e. The Morgan fingerprint density at radius 3 is 2.60 bits per heavy atom. The third-order valence-corrected chi connectivity index (χ3v) is 1.74. The van der Waals surface area contributed by atoms with Crippen molar-refractivity contribution in [3.8, 4) is 0 Å². The van der Waals surface area contributed by atoms with Crippen LogP contribution in [-0.4, -0.2) is 31.2 Å². The predicted molar refractivity (Wildman–Crippen MR) is 35.9 cm³/mol. The average molecular weight is 144 g/mol. The molecule has 0 bridgehead atoms.